The standard InChI is InChI=1S/C20H28N4O/c1-25-19-11-4-3-10-18(19)24-20-16(9-5-6-12-21-20)17(22-24)15-23-13-7-2-8-14-23/h3-4,10-11,21H,2,5-9,12-15H2,1H3. The first-order valence-electron chi connectivity index (χ1n) is 9.57. The Morgan fingerprint density at radius 1 is 1.08 bits per heavy atom. The van der Waals surface area contributed by atoms with E-state index in [0.29, 0.717) is 0 Å². The van der Waals surface area contributed by atoms with Gasteiger partial charge in [0.1, 0.15) is 17.3 Å². The molecule has 0 saturated carbocycles. The van der Waals surface area contributed by atoms with E-state index >= 15 is 0 Å². The van der Waals surface area contributed by atoms with E-state index in [1.54, 1.807) is 7.11 Å². The lowest BCUT2D eigenvalue weighted by molar-refractivity contribution is 0.217. The number of hydrogen-bond donors (Lipinski definition) is 1. The van der Waals surface area contributed by atoms with Gasteiger partial charge < -0.3 is 10.1 Å². The highest BCUT2D eigenvalue weighted by Gasteiger charge is 2.23. The molecule has 3 heterocycles. The highest BCUT2D eigenvalue weighted by molar-refractivity contribution is 5.58. The van der Waals surface area contributed by atoms with Gasteiger partial charge in [0.05, 0.1) is 12.8 Å². The van der Waals surface area contributed by atoms with Gasteiger partial charge in [-0.05, 0) is 57.3 Å². The number of rotatable bonds is 4. The fourth-order valence-corrected chi connectivity index (χ4v) is 4.01. The van der Waals surface area contributed by atoms with Crippen molar-refractivity contribution in [2.45, 2.75) is 45.1 Å². The Balaban J connectivity index is 1.73. The average Bonchev–Trinajstić information content (AvgIpc) is 2.84. The summed E-state index contributed by atoms with van der Waals surface area (Å²) in [7, 11) is 1.73. The molecule has 0 bridgehead atoms. The van der Waals surface area contributed by atoms with E-state index in [1.165, 1.54) is 56.5 Å². The monoisotopic (exact) mass is 340 g/mol. The molecule has 1 saturated heterocycles. The zero-order valence-corrected chi connectivity index (χ0v) is 15.1. The average molecular weight is 340 g/mol. The second kappa shape index (κ2) is 7.48. The summed E-state index contributed by atoms with van der Waals surface area (Å²) in [5, 5.41) is 8.67. The molecule has 1 N–H and O–H groups in total. The van der Waals surface area contributed by atoms with Crippen LogP contribution in [-0.2, 0) is 13.0 Å². The van der Waals surface area contributed by atoms with Gasteiger partial charge in [-0.15, -0.1) is 0 Å². The van der Waals surface area contributed by atoms with Crippen LogP contribution in [0.2, 0.25) is 0 Å². The van der Waals surface area contributed by atoms with Gasteiger partial charge in [0.15, 0.2) is 0 Å². The molecule has 2 aliphatic rings. The molecule has 0 amide bonds. The molecule has 0 aliphatic carbocycles. The number of hydrogen-bond acceptors (Lipinski definition) is 4. The van der Waals surface area contributed by atoms with Crippen LogP contribution in [0.1, 0.15) is 43.4 Å². The summed E-state index contributed by atoms with van der Waals surface area (Å²) in [6.45, 7) is 4.37. The molecule has 25 heavy (non-hydrogen) atoms. The number of nitrogens with zero attached hydrogens (tertiary/aromatic N) is 3. The summed E-state index contributed by atoms with van der Waals surface area (Å²) >= 11 is 0. The van der Waals surface area contributed by atoms with Gasteiger partial charge in [-0.3, -0.25) is 4.90 Å². The third-order valence-electron chi connectivity index (χ3n) is 5.35. The van der Waals surface area contributed by atoms with Crippen molar-refractivity contribution in [2.75, 3.05) is 32.1 Å². The van der Waals surface area contributed by atoms with Crippen LogP contribution in [0.15, 0.2) is 24.3 Å². The van der Waals surface area contributed by atoms with Crippen molar-refractivity contribution >= 4 is 5.82 Å². The minimum atomic E-state index is 0.864. The molecular formula is C20H28N4O. The topological polar surface area (TPSA) is 42.3 Å². The summed E-state index contributed by atoms with van der Waals surface area (Å²) in [6.07, 6.45) is 7.54. The highest BCUT2D eigenvalue weighted by Crippen LogP contribution is 2.32. The SMILES string of the molecule is COc1ccccc1-n1nc(CN2CCCCC2)c2c1NCCCC2. The van der Waals surface area contributed by atoms with Gasteiger partial charge in [0.25, 0.3) is 0 Å². The number of benzene rings is 1. The number of ether oxygens (including phenoxy) is 1. The number of likely N-dealkylation sites (tertiary alicyclic amines) is 1. The first-order chi connectivity index (χ1) is 12.4. The van der Waals surface area contributed by atoms with Gasteiger partial charge in [-0.25, -0.2) is 4.68 Å². The van der Waals surface area contributed by atoms with Crippen molar-refractivity contribution in [3.05, 3.63) is 35.5 Å². The van der Waals surface area contributed by atoms with Crippen LogP contribution in [-0.4, -0.2) is 41.4 Å². The molecule has 0 atom stereocenters. The Labute approximate surface area is 150 Å². The highest BCUT2D eigenvalue weighted by atomic mass is 16.5. The smallest absolute Gasteiger partial charge is 0.144 e. The van der Waals surface area contributed by atoms with Crippen LogP contribution < -0.4 is 10.1 Å². The summed E-state index contributed by atoms with van der Waals surface area (Å²) in [4.78, 5) is 2.56. The van der Waals surface area contributed by atoms with Crippen LogP contribution in [0, 0.1) is 0 Å². The number of nitrogens with one attached hydrogen (secondary N) is 1. The summed E-state index contributed by atoms with van der Waals surface area (Å²) in [6, 6.07) is 8.15. The maximum absolute atomic E-state index is 5.58. The van der Waals surface area contributed by atoms with Gasteiger partial charge in [-0.1, -0.05) is 18.6 Å². The molecule has 1 aromatic carbocycles. The van der Waals surface area contributed by atoms with E-state index < -0.39 is 0 Å². The third-order valence-corrected chi connectivity index (χ3v) is 5.35. The third kappa shape index (κ3) is 3.38. The van der Waals surface area contributed by atoms with Crippen molar-refractivity contribution in [2.24, 2.45) is 0 Å². The largest absolute Gasteiger partial charge is 0.494 e. The molecule has 5 heteroatoms. The molecule has 2 aromatic rings. The lowest BCUT2D eigenvalue weighted by Gasteiger charge is -2.25. The summed E-state index contributed by atoms with van der Waals surface area (Å²) < 4.78 is 7.65. The zero-order chi connectivity index (χ0) is 17.1. The second-order valence-electron chi connectivity index (χ2n) is 7.08. The Morgan fingerprint density at radius 2 is 1.92 bits per heavy atom. The van der Waals surface area contributed by atoms with E-state index in [9.17, 15) is 0 Å². The number of piperidine rings is 1. The number of fused-ring (bicyclic) bond motifs is 1. The van der Waals surface area contributed by atoms with E-state index in [1.807, 2.05) is 18.2 Å². The van der Waals surface area contributed by atoms with Crippen molar-refractivity contribution in [3.63, 3.8) is 0 Å². The Kier molecular flexibility index (Phi) is 4.92. The maximum atomic E-state index is 5.58. The molecule has 0 radical (unpaired) electrons. The second-order valence-corrected chi connectivity index (χ2v) is 7.08. The number of anilines is 1. The predicted molar refractivity (Wildman–Crippen MR) is 101 cm³/mol. The summed E-state index contributed by atoms with van der Waals surface area (Å²) in [5.41, 5.74) is 3.65. The van der Waals surface area contributed by atoms with Gasteiger partial charge >= 0.3 is 0 Å². The van der Waals surface area contributed by atoms with Crippen LogP contribution >= 0.6 is 0 Å². The lowest BCUT2D eigenvalue weighted by Crippen LogP contribution is -2.29. The molecule has 0 spiro atoms. The zero-order valence-electron chi connectivity index (χ0n) is 15.1. The van der Waals surface area contributed by atoms with Crippen LogP contribution in [0.25, 0.3) is 5.69 Å². The van der Waals surface area contributed by atoms with Crippen molar-refractivity contribution in [1.29, 1.82) is 0 Å². The molecular weight excluding hydrogens is 312 g/mol. The van der Waals surface area contributed by atoms with Gasteiger partial charge in [-0.2, -0.15) is 5.10 Å². The van der Waals surface area contributed by atoms with Crippen LogP contribution in [0.5, 0.6) is 5.75 Å². The van der Waals surface area contributed by atoms with Crippen molar-refractivity contribution < 1.29 is 4.74 Å². The van der Waals surface area contributed by atoms with E-state index in [-0.39, 0.29) is 0 Å². The van der Waals surface area contributed by atoms with Gasteiger partial charge in [0.2, 0.25) is 0 Å². The molecule has 4 rings (SSSR count). The van der Waals surface area contributed by atoms with Crippen LogP contribution in [0.3, 0.4) is 0 Å². The molecule has 0 unspecified atom stereocenters. The fourth-order valence-electron chi connectivity index (χ4n) is 4.01. The van der Waals surface area contributed by atoms with Crippen LogP contribution in [0.4, 0.5) is 5.82 Å². The Morgan fingerprint density at radius 3 is 2.76 bits per heavy atom. The minimum absolute atomic E-state index is 0.864. The van der Waals surface area contributed by atoms with E-state index in [0.717, 1.165) is 36.8 Å². The molecule has 2 aliphatic heterocycles. The quantitative estimate of drug-likeness (QED) is 0.923. The first kappa shape index (κ1) is 16.5. The normalized spacial score (nSPS) is 18.3. The molecule has 1 fully saturated rings. The summed E-state index contributed by atoms with van der Waals surface area (Å²) in [5.74, 6) is 2.03. The van der Waals surface area contributed by atoms with Gasteiger partial charge in [0, 0.05) is 18.7 Å². The van der Waals surface area contributed by atoms with Crippen molar-refractivity contribution in [1.82, 2.24) is 14.7 Å². The van der Waals surface area contributed by atoms with E-state index in [4.69, 9.17) is 9.84 Å². The van der Waals surface area contributed by atoms with E-state index in [2.05, 4.69) is 21.0 Å². The minimum Gasteiger partial charge on any atom is -0.494 e. The molecule has 5 nitrogen and oxygen atoms in total. The molecule has 1 aromatic heterocycles. The van der Waals surface area contributed by atoms with Crippen molar-refractivity contribution in [3.8, 4) is 11.4 Å². The number of aromatic nitrogens is 2. The molecule has 134 valence electrons. The maximum Gasteiger partial charge on any atom is 0.144 e. The lowest BCUT2D eigenvalue weighted by atomic mass is 10.1. The first-order valence-corrected chi connectivity index (χ1v) is 9.57. The number of para-hydroxylation sites is 2. The predicted octanol–water partition coefficient (Wildman–Crippen LogP) is 3.62. The number of methoxy groups -OCH3 is 1. The fraction of sp³-hybridized carbons (Fsp3) is 0.550. The Hall–Kier alpha value is -2.01. The Bertz CT molecular complexity index is 718.